The van der Waals surface area contributed by atoms with Crippen molar-refractivity contribution in [2.75, 3.05) is 32.7 Å². The number of aromatic nitrogens is 1. The maximum Gasteiger partial charge on any atom is 0.226 e. The van der Waals surface area contributed by atoms with Gasteiger partial charge in [-0.3, -0.25) is 14.5 Å². The van der Waals surface area contributed by atoms with Gasteiger partial charge in [0.2, 0.25) is 11.8 Å². The van der Waals surface area contributed by atoms with Crippen LogP contribution < -0.4 is 5.32 Å². The number of nitrogens with one attached hydrogen (secondary N) is 1. The fourth-order valence-electron chi connectivity index (χ4n) is 3.19. The van der Waals surface area contributed by atoms with Gasteiger partial charge in [-0.05, 0) is 12.5 Å². The molecule has 0 unspecified atom stereocenters. The molecule has 1 saturated heterocycles. The number of hydrogen-bond donors (Lipinski definition) is 1. The molecule has 3 rings (SSSR count). The summed E-state index contributed by atoms with van der Waals surface area (Å²) in [4.78, 5) is 28.5. The Morgan fingerprint density at radius 3 is 2.56 bits per heavy atom. The second-order valence-corrected chi connectivity index (χ2v) is 6.85. The monoisotopic (exact) mass is 370 g/mol. The first-order valence-electron chi connectivity index (χ1n) is 9.33. The lowest BCUT2D eigenvalue weighted by Gasteiger charge is -2.34. The molecule has 1 fully saturated rings. The minimum atomic E-state index is -0.149. The number of amides is 2. The van der Waals surface area contributed by atoms with Crippen molar-refractivity contribution in [2.24, 2.45) is 0 Å². The van der Waals surface area contributed by atoms with E-state index in [-0.39, 0.29) is 18.2 Å². The molecule has 0 bridgehead atoms. The first-order chi connectivity index (χ1) is 13.1. The minimum Gasteiger partial charge on any atom is -0.361 e. The number of rotatable bonds is 7. The molecule has 1 aromatic carbocycles. The summed E-state index contributed by atoms with van der Waals surface area (Å²) in [5, 5.41) is 6.57. The van der Waals surface area contributed by atoms with Crippen LogP contribution in [-0.2, 0) is 22.6 Å². The lowest BCUT2D eigenvalue weighted by molar-refractivity contribution is -0.133. The van der Waals surface area contributed by atoms with Crippen molar-refractivity contribution in [3.8, 4) is 0 Å². The molecule has 27 heavy (non-hydrogen) atoms. The highest BCUT2D eigenvalue weighted by Gasteiger charge is 2.21. The lowest BCUT2D eigenvalue weighted by atomic mass is 10.2. The van der Waals surface area contributed by atoms with Crippen molar-refractivity contribution < 1.29 is 14.1 Å². The maximum absolute atomic E-state index is 12.3. The van der Waals surface area contributed by atoms with E-state index in [1.54, 1.807) is 13.0 Å². The molecule has 0 radical (unpaired) electrons. The molecule has 1 N–H and O–H groups in total. The molecular weight excluding hydrogens is 344 g/mol. The molecule has 0 spiro atoms. The molecule has 2 heterocycles. The fourth-order valence-corrected chi connectivity index (χ4v) is 3.19. The SMILES string of the molecule is Cc1cc(CC(=O)NCCC(=O)N2CCN(Cc3ccccc3)CC2)no1. The summed E-state index contributed by atoms with van der Waals surface area (Å²) in [5.41, 5.74) is 1.90. The van der Waals surface area contributed by atoms with Gasteiger partial charge in [0.25, 0.3) is 0 Å². The van der Waals surface area contributed by atoms with Gasteiger partial charge in [-0.15, -0.1) is 0 Å². The van der Waals surface area contributed by atoms with E-state index in [2.05, 4.69) is 27.5 Å². The zero-order valence-electron chi connectivity index (χ0n) is 15.7. The van der Waals surface area contributed by atoms with Crippen LogP contribution in [-0.4, -0.2) is 59.5 Å². The summed E-state index contributed by atoms with van der Waals surface area (Å²) in [5.74, 6) is 0.620. The zero-order chi connectivity index (χ0) is 19.1. The zero-order valence-corrected chi connectivity index (χ0v) is 15.7. The molecule has 1 aliphatic rings. The molecule has 2 amide bonds. The van der Waals surface area contributed by atoms with Crippen LogP contribution in [0.2, 0.25) is 0 Å². The summed E-state index contributed by atoms with van der Waals surface area (Å²) in [6.07, 6.45) is 0.492. The first-order valence-corrected chi connectivity index (χ1v) is 9.33. The van der Waals surface area contributed by atoms with Crippen molar-refractivity contribution in [1.29, 1.82) is 0 Å². The van der Waals surface area contributed by atoms with Gasteiger partial charge in [0.05, 0.1) is 12.1 Å². The normalized spacial score (nSPS) is 14.9. The van der Waals surface area contributed by atoms with E-state index >= 15 is 0 Å². The predicted octanol–water partition coefficient (Wildman–Crippen LogP) is 1.38. The van der Waals surface area contributed by atoms with E-state index in [9.17, 15) is 9.59 Å². The van der Waals surface area contributed by atoms with Crippen LogP contribution >= 0.6 is 0 Å². The molecule has 1 aromatic heterocycles. The Morgan fingerprint density at radius 1 is 1.15 bits per heavy atom. The van der Waals surface area contributed by atoms with Crippen LogP contribution in [0.25, 0.3) is 0 Å². The van der Waals surface area contributed by atoms with Gasteiger partial charge >= 0.3 is 0 Å². The van der Waals surface area contributed by atoms with E-state index in [0.29, 0.717) is 24.4 Å². The standard InChI is InChI=1S/C20H26N4O3/c1-16-13-18(22-27-16)14-19(25)21-8-7-20(26)24-11-9-23(10-12-24)15-17-5-3-2-4-6-17/h2-6,13H,7-12,14-15H2,1H3,(H,21,25). The topological polar surface area (TPSA) is 78.7 Å². The van der Waals surface area contributed by atoms with Crippen LogP contribution in [0.1, 0.15) is 23.4 Å². The summed E-state index contributed by atoms with van der Waals surface area (Å²) < 4.78 is 4.94. The van der Waals surface area contributed by atoms with Gasteiger partial charge in [-0.1, -0.05) is 35.5 Å². The van der Waals surface area contributed by atoms with Gasteiger partial charge in [-0.25, -0.2) is 0 Å². The summed E-state index contributed by atoms with van der Waals surface area (Å²) in [6, 6.07) is 12.1. The Bertz CT molecular complexity index is 752. The number of benzene rings is 1. The Morgan fingerprint density at radius 2 is 1.89 bits per heavy atom. The number of carbonyl (C=O) groups excluding carboxylic acids is 2. The summed E-state index contributed by atoms with van der Waals surface area (Å²) >= 11 is 0. The molecule has 7 nitrogen and oxygen atoms in total. The number of carbonyl (C=O) groups is 2. The molecule has 0 saturated carbocycles. The summed E-state index contributed by atoms with van der Waals surface area (Å²) in [6.45, 7) is 6.26. The Kier molecular flexibility index (Phi) is 6.59. The lowest BCUT2D eigenvalue weighted by Crippen LogP contribution is -2.48. The maximum atomic E-state index is 12.3. The average Bonchev–Trinajstić information content (AvgIpc) is 3.07. The van der Waals surface area contributed by atoms with Crippen LogP contribution in [0.5, 0.6) is 0 Å². The highest BCUT2D eigenvalue weighted by Crippen LogP contribution is 2.09. The van der Waals surface area contributed by atoms with Crippen LogP contribution in [0.15, 0.2) is 40.9 Å². The van der Waals surface area contributed by atoms with Crippen molar-refractivity contribution in [2.45, 2.75) is 26.3 Å². The highest BCUT2D eigenvalue weighted by atomic mass is 16.5. The molecule has 144 valence electrons. The first kappa shape index (κ1) is 19.1. The second kappa shape index (κ2) is 9.32. The Hall–Kier alpha value is -2.67. The van der Waals surface area contributed by atoms with E-state index in [1.165, 1.54) is 5.56 Å². The number of piperazine rings is 1. The van der Waals surface area contributed by atoms with Crippen LogP contribution in [0, 0.1) is 6.92 Å². The van der Waals surface area contributed by atoms with Crippen molar-refractivity contribution in [1.82, 2.24) is 20.3 Å². The number of aryl methyl sites for hydroxylation is 1. The summed E-state index contributed by atoms with van der Waals surface area (Å²) in [7, 11) is 0. The van der Waals surface area contributed by atoms with E-state index in [4.69, 9.17) is 4.52 Å². The van der Waals surface area contributed by atoms with Gasteiger partial charge in [0.1, 0.15) is 5.76 Å². The quantitative estimate of drug-likeness (QED) is 0.797. The van der Waals surface area contributed by atoms with E-state index in [0.717, 1.165) is 32.7 Å². The molecule has 0 aliphatic carbocycles. The molecule has 2 aromatic rings. The highest BCUT2D eigenvalue weighted by molar-refractivity contribution is 5.80. The van der Waals surface area contributed by atoms with E-state index < -0.39 is 0 Å². The fraction of sp³-hybridized carbons (Fsp3) is 0.450. The van der Waals surface area contributed by atoms with Crippen molar-refractivity contribution in [3.05, 3.63) is 53.4 Å². The largest absolute Gasteiger partial charge is 0.361 e. The third-order valence-corrected chi connectivity index (χ3v) is 4.65. The van der Waals surface area contributed by atoms with Crippen molar-refractivity contribution >= 4 is 11.8 Å². The van der Waals surface area contributed by atoms with Crippen molar-refractivity contribution in [3.63, 3.8) is 0 Å². The van der Waals surface area contributed by atoms with Crippen LogP contribution in [0.4, 0.5) is 0 Å². The van der Waals surface area contributed by atoms with Gasteiger partial charge in [0.15, 0.2) is 0 Å². The smallest absolute Gasteiger partial charge is 0.226 e. The van der Waals surface area contributed by atoms with Gasteiger partial charge in [0, 0.05) is 51.8 Å². The van der Waals surface area contributed by atoms with Crippen LogP contribution in [0.3, 0.4) is 0 Å². The van der Waals surface area contributed by atoms with E-state index in [1.807, 2.05) is 23.1 Å². The number of nitrogens with zero attached hydrogens (tertiary/aromatic N) is 3. The number of hydrogen-bond acceptors (Lipinski definition) is 5. The second-order valence-electron chi connectivity index (χ2n) is 6.85. The predicted molar refractivity (Wildman–Crippen MR) is 101 cm³/mol. The average molecular weight is 370 g/mol. The molecule has 1 aliphatic heterocycles. The Labute approximate surface area is 159 Å². The third-order valence-electron chi connectivity index (χ3n) is 4.65. The molecule has 0 atom stereocenters. The Balaban J connectivity index is 1.33. The third kappa shape index (κ3) is 5.92. The van der Waals surface area contributed by atoms with Gasteiger partial charge < -0.3 is 14.7 Å². The van der Waals surface area contributed by atoms with Gasteiger partial charge in [-0.2, -0.15) is 0 Å². The molecular formula is C20H26N4O3. The minimum absolute atomic E-state index is 0.0898. The molecule has 7 heteroatoms.